The summed E-state index contributed by atoms with van der Waals surface area (Å²) in [4.78, 5) is 0. The van der Waals surface area contributed by atoms with Crippen molar-refractivity contribution >= 4 is 28.3 Å². The SMILES string of the molecule is C=CCC[C@@H](N)c1ccc(Br)c(F)c1O.Cl. The Morgan fingerprint density at radius 2 is 2.19 bits per heavy atom. The van der Waals surface area contributed by atoms with E-state index in [4.69, 9.17) is 5.73 Å². The molecule has 0 unspecified atom stereocenters. The molecule has 0 aliphatic rings. The fourth-order valence-corrected chi connectivity index (χ4v) is 1.63. The number of hydrogen-bond acceptors (Lipinski definition) is 2. The summed E-state index contributed by atoms with van der Waals surface area (Å²) in [6.45, 7) is 3.58. The molecule has 0 aliphatic carbocycles. The van der Waals surface area contributed by atoms with Crippen LogP contribution in [0.4, 0.5) is 4.39 Å². The van der Waals surface area contributed by atoms with Crippen molar-refractivity contribution in [3.05, 3.63) is 40.6 Å². The number of rotatable bonds is 4. The summed E-state index contributed by atoms with van der Waals surface area (Å²) in [5.74, 6) is -1.04. The second-order valence-electron chi connectivity index (χ2n) is 3.27. The van der Waals surface area contributed by atoms with E-state index < -0.39 is 5.82 Å². The largest absolute Gasteiger partial charge is 0.505 e. The topological polar surface area (TPSA) is 46.2 Å². The van der Waals surface area contributed by atoms with Gasteiger partial charge in [-0.05, 0) is 34.8 Å². The Bertz CT molecular complexity index is 373. The molecule has 0 fully saturated rings. The first kappa shape index (κ1) is 15.4. The fourth-order valence-electron chi connectivity index (χ4n) is 1.31. The number of hydrogen-bond donors (Lipinski definition) is 2. The molecule has 1 aromatic rings. The predicted octanol–water partition coefficient (Wildman–Crippen LogP) is 3.68. The molecule has 0 spiro atoms. The van der Waals surface area contributed by atoms with Gasteiger partial charge in [0.1, 0.15) is 0 Å². The molecule has 0 heterocycles. The van der Waals surface area contributed by atoms with Crippen LogP contribution in [0.3, 0.4) is 0 Å². The van der Waals surface area contributed by atoms with Gasteiger partial charge in [-0.3, -0.25) is 0 Å². The molecule has 0 aromatic heterocycles. The van der Waals surface area contributed by atoms with Crippen molar-refractivity contribution in [2.45, 2.75) is 18.9 Å². The highest BCUT2D eigenvalue weighted by atomic mass is 79.9. The minimum atomic E-state index is -0.665. The van der Waals surface area contributed by atoms with Gasteiger partial charge in [0.2, 0.25) is 0 Å². The zero-order valence-corrected chi connectivity index (χ0v) is 11.0. The van der Waals surface area contributed by atoms with E-state index in [1.165, 1.54) is 6.07 Å². The summed E-state index contributed by atoms with van der Waals surface area (Å²) in [6.07, 6.45) is 3.11. The smallest absolute Gasteiger partial charge is 0.179 e. The van der Waals surface area contributed by atoms with Crippen molar-refractivity contribution in [2.75, 3.05) is 0 Å². The fraction of sp³-hybridized carbons (Fsp3) is 0.273. The summed E-state index contributed by atoms with van der Waals surface area (Å²) in [7, 11) is 0. The summed E-state index contributed by atoms with van der Waals surface area (Å²) in [5, 5.41) is 9.54. The van der Waals surface area contributed by atoms with Gasteiger partial charge in [-0.2, -0.15) is 0 Å². The Hall–Kier alpha value is -0.580. The first-order chi connectivity index (χ1) is 7.07. The van der Waals surface area contributed by atoms with E-state index in [1.807, 2.05) is 0 Å². The molecule has 0 saturated carbocycles. The van der Waals surface area contributed by atoms with Gasteiger partial charge in [0, 0.05) is 11.6 Å². The van der Waals surface area contributed by atoms with Crippen LogP contribution in [0.5, 0.6) is 5.75 Å². The second-order valence-corrected chi connectivity index (χ2v) is 4.13. The van der Waals surface area contributed by atoms with Gasteiger partial charge in [0.15, 0.2) is 11.6 Å². The van der Waals surface area contributed by atoms with Crippen LogP contribution in [0, 0.1) is 5.82 Å². The van der Waals surface area contributed by atoms with E-state index in [1.54, 1.807) is 12.1 Å². The highest BCUT2D eigenvalue weighted by molar-refractivity contribution is 9.10. The van der Waals surface area contributed by atoms with E-state index in [9.17, 15) is 9.50 Å². The van der Waals surface area contributed by atoms with Gasteiger partial charge in [-0.25, -0.2) is 4.39 Å². The van der Waals surface area contributed by atoms with Crippen molar-refractivity contribution < 1.29 is 9.50 Å². The van der Waals surface area contributed by atoms with Gasteiger partial charge in [0.05, 0.1) is 4.47 Å². The maximum atomic E-state index is 13.3. The Morgan fingerprint density at radius 1 is 1.56 bits per heavy atom. The van der Waals surface area contributed by atoms with Crippen LogP contribution in [0.1, 0.15) is 24.4 Å². The molecule has 1 aromatic carbocycles. The predicted molar refractivity (Wildman–Crippen MR) is 69.4 cm³/mol. The van der Waals surface area contributed by atoms with Crippen molar-refractivity contribution in [3.8, 4) is 5.75 Å². The maximum absolute atomic E-state index is 13.3. The van der Waals surface area contributed by atoms with Crippen molar-refractivity contribution in [1.29, 1.82) is 0 Å². The van der Waals surface area contributed by atoms with E-state index >= 15 is 0 Å². The normalized spacial score (nSPS) is 11.7. The lowest BCUT2D eigenvalue weighted by Crippen LogP contribution is -2.10. The van der Waals surface area contributed by atoms with Crippen molar-refractivity contribution in [3.63, 3.8) is 0 Å². The Balaban J connectivity index is 0.00000225. The highest BCUT2D eigenvalue weighted by Crippen LogP contribution is 2.32. The average Bonchev–Trinajstić information content (AvgIpc) is 2.23. The summed E-state index contributed by atoms with van der Waals surface area (Å²) < 4.78 is 13.5. The van der Waals surface area contributed by atoms with Gasteiger partial charge < -0.3 is 10.8 Å². The van der Waals surface area contributed by atoms with Gasteiger partial charge in [-0.1, -0.05) is 12.1 Å². The van der Waals surface area contributed by atoms with E-state index in [0.717, 1.165) is 6.42 Å². The molecule has 0 radical (unpaired) electrons. The number of phenolic OH excluding ortho intramolecular Hbond substituents is 1. The first-order valence-electron chi connectivity index (χ1n) is 4.61. The van der Waals surface area contributed by atoms with Crippen LogP contribution in [-0.2, 0) is 0 Å². The lowest BCUT2D eigenvalue weighted by molar-refractivity contribution is 0.417. The van der Waals surface area contributed by atoms with Crippen molar-refractivity contribution in [2.24, 2.45) is 5.73 Å². The van der Waals surface area contributed by atoms with Crippen LogP contribution in [-0.4, -0.2) is 5.11 Å². The Kier molecular flexibility index (Phi) is 6.64. The molecule has 0 aliphatic heterocycles. The molecule has 1 rings (SSSR count). The summed E-state index contributed by atoms with van der Waals surface area (Å²) in [5.41, 5.74) is 6.24. The standard InChI is InChI=1S/C11H13BrFNO.ClH/c1-2-3-4-9(14)7-5-6-8(12)10(13)11(7)15;/h2,5-6,9,15H,1,3-4,14H2;1H/t9-;/m1./s1. The van der Waals surface area contributed by atoms with Crippen LogP contribution < -0.4 is 5.73 Å². The Morgan fingerprint density at radius 3 is 2.75 bits per heavy atom. The molecular formula is C11H14BrClFNO. The average molecular weight is 311 g/mol. The van der Waals surface area contributed by atoms with Crippen molar-refractivity contribution in [1.82, 2.24) is 0 Å². The van der Waals surface area contributed by atoms with Crippen LogP contribution >= 0.6 is 28.3 Å². The summed E-state index contributed by atoms with van der Waals surface area (Å²) in [6, 6.07) is 2.79. The molecule has 0 amide bonds. The monoisotopic (exact) mass is 309 g/mol. The molecular weight excluding hydrogens is 296 g/mol. The summed E-state index contributed by atoms with van der Waals surface area (Å²) >= 11 is 2.99. The molecule has 90 valence electrons. The zero-order valence-electron chi connectivity index (χ0n) is 8.62. The second kappa shape index (κ2) is 6.89. The lowest BCUT2D eigenvalue weighted by atomic mass is 10.0. The van der Waals surface area contributed by atoms with E-state index in [0.29, 0.717) is 12.0 Å². The molecule has 3 N–H and O–H groups in total. The number of halogens is 3. The van der Waals surface area contributed by atoms with Gasteiger partial charge >= 0.3 is 0 Å². The first-order valence-corrected chi connectivity index (χ1v) is 5.40. The lowest BCUT2D eigenvalue weighted by Gasteiger charge is -2.13. The zero-order chi connectivity index (χ0) is 11.4. The van der Waals surface area contributed by atoms with E-state index in [-0.39, 0.29) is 28.7 Å². The number of allylic oxidation sites excluding steroid dienone is 1. The quantitative estimate of drug-likeness (QED) is 0.833. The third-order valence-electron chi connectivity index (χ3n) is 2.18. The third-order valence-corrected chi connectivity index (χ3v) is 2.79. The number of phenols is 1. The Labute approximate surface area is 109 Å². The maximum Gasteiger partial charge on any atom is 0.179 e. The number of nitrogens with two attached hydrogens (primary N) is 1. The van der Waals surface area contributed by atoms with Crippen LogP contribution in [0.25, 0.3) is 0 Å². The minimum absolute atomic E-state index is 0. The molecule has 0 saturated heterocycles. The molecule has 1 atom stereocenters. The van der Waals surface area contributed by atoms with Crippen LogP contribution in [0.2, 0.25) is 0 Å². The molecule has 5 heteroatoms. The minimum Gasteiger partial charge on any atom is -0.505 e. The van der Waals surface area contributed by atoms with Gasteiger partial charge in [-0.15, -0.1) is 19.0 Å². The third kappa shape index (κ3) is 3.47. The van der Waals surface area contributed by atoms with Crippen LogP contribution in [0.15, 0.2) is 29.3 Å². The van der Waals surface area contributed by atoms with E-state index in [2.05, 4.69) is 22.5 Å². The molecule has 2 nitrogen and oxygen atoms in total. The highest BCUT2D eigenvalue weighted by Gasteiger charge is 2.15. The number of benzene rings is 1. The van der Waals surface area contributed by atoms with Gasteiger partial charge in [0.25, 0.3) is 0 Å². The molecule has 16 heavy (non-hydrogen) atoms. The molecule has 0 bridgehead atoms. The number of aromatic hydroxyl groups is 1.